The van der Waals surface area contributed by atoms with Crippen molar-refractivity contribution in [1.29, 1.82) is 0 Å². The van der Waals surface area contributed by atoms with Gasteiger partial charge in [-0.2, -0.15) is 0 Å². The predicted molar refractivity (Wildman–Crippen MR) is 65.7 cm³/mol. The number of carbonyl (C=O) groups is 2. The first kappa shape index (κ1) is 13.3. The lowest BCUT2D eigenvalue weighted by atomic mass is 9.79. The molecule has 0 aromatic rings. The van der Waals surface area contributed by atoms with Gasteiger partial charge in [-0.25, -0.2) is 0 Å². The Morgan fingerprint density at radius 1 is 1.56 bits per heavy atom. The summed E-state index contributed by atoms with van der Waals surface area (Å²) in [6.45, 7) is 2.12. The molecule has 6 heteroatoms. The van der Waals surface area contributed by atoms with Crippen LogP contribution in [0.25, 0.3) is 0 Å². The molecule has 0 radical (unpaired) electrons. The maximum Gasteiger partial charge on any atom is 0.244 e. The molecule has 2 amide bonds. The van der Waals surface area contributed by atoms with E-state index in [2.05, 4.69) is 5.32 Å². The molecule has 0 saturated carbocycles. The number of nitrogens with two attached hydrogens (primary N) is 1. The fraction of sp³-hybridized carbons (Fsp3) is 0.833. The molecule has 2 saturated heterocycles. The molecule has 2 fully saturated rings. The SMILES string of the molecule is CN1CCC(NC(=O)C2(CN)CCOCC2)C1=O. The van der Waals surface area contributed by atoms with E-state index in [4.69, 9.17) is 10.5 Å². The van der Waals surface area contributed by atoms with Gasteiger partial charge in [0.1, 0.15) is 6.04 Å². The molecule has 1 unspecified atom stereocenters. The minimum Gasteiger partial charge on any atom is -0.381 e. The highest BCUT2D eigenvalue weighted by Crippen LogP contribution is 2.30. The summed E-state index contributed by atoms with van der Waals surface area (Å²) in [7, 11) is 1.75. The number of nitrogens with one attached hydrogen (secondary N) is 1. The maximum atomic E-state index is 12.3. The second-order valence-electron chi connectivity index (χ2n) is 5.17. The summed E-state index contributed by atoms with van der Waals surface area (Å²) in [6.07, 6.45) is 1.94. The molecular formula is C12H21N3O3. The molecular weight excluding hydrogens is 234 g/mol. The molecule has 2 aliphatic heterocycles. The van der Waals surface area contributed by atoms with Crippen molar-refractivity contribution in [2.24, 2.45) is 11.1 Å². The van der Waals surface area contributed by atoms with Gasteiger partial charge in [0, 0.05) is 33.4 Å². The minimum absolute atomic E-state index is 0.0115. The largest absolute Gasteiger partial charge is 0.381 e. The van der Waals surface area contributed by atoms with Gasteiger partial charge in [-0.3, -0.25) is 9.59 Å². The van der Waals surface area contributed by atoms with Crippen molar-refractivity contribution in [3.63, 3.8) is 0 Å². The fourth-order valence-electron chi connectivity index (χ4n) is 2.55. The van der Waals surface area contributed by atoms with E-state index in [1.54, 1.807) is 11.9 Å². The van der Waals surface area contributed by atoms with E-state index in [9.17, 15) is 9.59 Å². The number of hydrogen-bond acceptors (Lipinski definition) is 4. The van der Waals surface area contributed by atoms with E-state index >= 15 is 0 Å². The van der Waals surface area contributed by atoms with Crippen molar-refractivity contribution < 1.29 is 14.3 Å². The number of likely N-dealkylation sites (tertiary alicyclic amines) is 1. The van der Waals surface area contributed by atoms with Crippen LogP contribution in [0.15, 0.2) is 0 Å². The number of amides is 2. The van der Waals surface area contributed by atoms with Gasteiger partial charge in [0.15, 0.2) is 0 Å². The number of ether oxygens (including phenoxy) is 1. The van der Waals surface area contributed by atoms with Gasteiger partial charge in [0.05, 0.1) is 5.41 Å². The molecule has 102 valence electrons. The van der Waals surface area contributed by atoms with Crippen molar-refractivity contribution in [2.75, 3.05) is 33.4 Å². The van der Waals surface area contributed by atoms with Gasteiger partial charge in [-0.05, 0) is 19.3 Å². The Morgan fingerprint density at radius 3 is 2.72 bits per heavy atom. The summed E-state index contributed by atoms with van der Waals surface area (Å²) in [6, 6.07) is -0.381. The number of nitrogens with zero attached hydrogens (tertiary/aromatic N) is 1. The van der Waals surface area contributed by atoms with E-state index in [0.717, 1.165) is 0 Å². The molecule has 0 aromatic carbocycles. The van der Waals surface area contributed by atoms with Crippen LogP contribution in [0.1, 0.15) is 19.3 Å². The minimum atomic E-state index is -0.556. The third-order valence-corrected chi connectivity index (χ3v) is 4.06. The number of rotatable bonds is 3. The van der Waals surface area contributed by atoms with Crippen LogP contribution in [0.5, 0.6) is 0 Å². The summed E-state index contributed by atoms with van der Waals surface area (Å²) < 4.78 is 5.27. The number of hydrogen-bond donors (Lipinski definition) is 2. The zero-order chi connectivity index (χ0) is 13.2. The summed E-state index contributed by atoms with van der Waals surface area (Å²) in [4.78, 5) is 25.8. The third kappa shape index (κ3) is 2.35. The van der Waals surface area contributed by atoms with E-state index in [0.29, 0.717) is 45.6 Å². The van der Waals surface area contributed by atoms with Gasteiger partial charge in [-0.15, -0.1) is 0 Å². The second-order valence-corrected chi connectivity index (χ2v) is 5.17. The number of carbonyl (C=O) groups excluding carboxylic acids is 2. The van der Waals surface area contributed by atoms with Gasteiger partial charge in [-0.1, -0.05) is 0 Å². The molecule has 0 bridgehead atoms. The molecule has 3 N–H and O–H groups in total. The Labute approximate surface area is 107 Å². The Kier molecular flexibility index (Phi) is 3.87. The van der Waals surface area contributed by atoms with Crippen LogP contribution in [0.4, 0.5) is 0 Å². The quantitative estimate of drug-likeness (QED) is 0.683. The van der Waals surface area contributed by atoms with Crippen molar-refractivity contribution in [1.82, 2.24) is 10.2 Å². The van der Waals surface area contributed by atoms with Crippen molar-refractivity contribution in [3.8, 4) is 0 Å². The van der Waals surface area contributed by atoms with Crippen LogP contribution in [-0.2, 0) is 14.3 Å². The lowest BCUT2D eigenvalue weighted by Gasteiger charge is -2.35. The van der Waals surface area contributed by atoms with Crippen LogP contribution in [0.3, 0.4) is 0 Å². The lowest BCUT2D eigenvalue weighted by molar-refractivity contribution is -0.139. The summed E-state index contributed by atoms with van der Waals surface area (Å²) >= 11 is 0. The van der Waals surface area contributed by atoms with Gasteiger partial charge >= 0.3 is 0 Å². The predicted octanol–water partition coefficient (Wildman–Crippen LogP) is -0.911. The Hall–Kier alpha value is -1.14. The standard InChI is InChI=1S/C12H21N3O3/c1-15-5-2-9(10(15)16)14-11(17)12(8-13)3-6-18-7-4-12/h9H,2-8,13H2,1H3,(H,14,17). The molecule has 0 aromatic heterocycles. The van der Waals surface area contributed by atoms with Gasteiger partial charge in [0.25, 0.3) is 0 Å². The van der Waals surface area contributed by atoms with E-state index in [1.165, 1.54) is 0 Å². The first-order chi connectivity index (χ1) is 8.59. The second kappa shape index (κ2) is 5.24. The molecule has 6 nitrogen and oxygen atoms in total. The Morgan fingerprint density at radius 2 is 2.22 bits per heavy atom. The summed E-state index contributed by atoms with van der Waals surface area (Å²) in [5.41, 5.74) is 5.21. The van der Waals surface area contributed by atoms with E-state index in [1.807, 2.05) is 0 Å². The van der Waals surface area contributed by atoms with Gasteiger partial charge in [0.2, 0.25) is 11.8 Å². The summed E-state index contributed by atoms with van der Waals surface area (Å²) in [5, 5.41) is 2.85. The Balaban J connectivity index is 2.00. The third-order valence-electron chi connectivity index (χ3n) is 4.06. The summed E-state index contributed by atoms with van der Waals surface area (Å²) in [5.74, 6) is -0.107. The molecule has 2 aliphatic rings. The van der Waals surface area contributed by atoms with Gasteiger partial charge < -0.3 is 20.7 Å². The van der Waals surface area contributed by atoms with Crippen LogP contribution in [-0.4, -0.2) is 56.1 Å². The Bertz CT molecular complexity index is 339. The first-order valence-corrected chi connectivity index (χ1v) is 6.43. The van der Waals surface area contributed by atoms with E-state index < -0.39 is 5.41 Å². The topological polar surface area (TPSA) is 84.7 Å². The highest BCUT2D eigenvalue weighted by Gasteiger charge is 2.41. The zero-order valence-electron chi connectivity index (χ0n) is 10.8. The lowest BCUT2D eigenvalue weighted by Crippen LogP contribution is -2.53. The monoisotopic (exact) mass is 255 g/mol. The average Bonchev–Trinajstić information content (AvgIpc) is 2.71. The maximum absolute atomic E-state index is 12.3. The highest BCUT2D eigenvalue weighted by molar-refractivity contribution is 5.91. The van der Waals surface area contributed by atoms with Crippen molar-refractivity contribution in [3.05, 3.63) is 0 Å². The smallest absolute Gasteiger partial charge is 0.244 e. The molecule has 2 heterocycles. The first-order valence-electron chi connectivity index (χ1n) is 6.43. The molecule has 2 rings (SSSR count). The average molecular weight is 255 g/mol. The molecule has 0 aliphatic carbocycles. The zero-order valence-corrected chi connectivity index (χ0v) is 10.8. The van der Waals surface area contributed by atoms with Crippen LogP contribution in [0.2, 0.25) is 0 Å². The van der Waals surface area contributed by atoms with Crippen LogP contribution in [0, 0.1) is 5.41 Å². The van der Waals surface area contributed by atoms with Crippen molar-refractivity contribution in [2.45, 2.75) is 25.3 Å². The van der Waals surface area contributed by atoms with Crippen LogP contribution < -0.4 is 11.1 Å². The normalized spacial score (nSPS) is 27.3. The highest BCUT2D eigenvalue weighted by atomic mass is 16.5. The molecule has 18 heavy (non-hydrogen) atoms. The molecule has 0 spiro atoms. The van der Waals surface area contributed by atoms with Crippen molar-refractivity contribution >= 4 is 11.8 Å². The molecule has 1 atom stereocenters. The number of likely N-dealkylation sites (N-methyl/N-ethyl adjacent to an activating group) is 1. The van der Waals surface area contributed by atoms with Crippen LogP contribution >= 0.6 is 0 Å². The fourth-order valence-corrected chi connectivity index (χ4v) is 2.55. The van der Waals surface area contributed by atoms with E-state index in [-0.39, 0.29) is 17.9 Å².